The molecule has 1 aromatic heterocycles. The van der Waals surface area contributed by atoms with Gasteiger partial charge in [-0.25, -0.2) is 4.68 Å². The molecule has 2 aromatic rings. The Kier molecular flexibility index (Phi) is 4.78. The average molecular weight is 383 g/mol. The predicted octanol–water partition coefficient (Wildman–Crippen LogP) is 1.12. The standard InChI is InChI=1S/C20H25N5O3/c1-14-3-5-16(6-4-14)23-11-12-24-18(27)19(28)25(21-20(23)24)13-17(26)22-9-7-15(2)8-10-22/h3-6,15H,7-13H2,1-2H3. The number of anilines is 2. The number of aromatic nitrogens is 3. The highest BCUT2D eigenvalue weighted by Gasteiger charge is 2.27. The molecule has 0 spiro atoms. The van der Waals surface area contributed by atoms with Gasteiger partial charge in [-0.05, 0) is 37.8 Å². The molecule has 0 radical (unpaired) electrons. The molecule has 4 rings (SSSR count). The van der Waals surface area contributed by atoms with Gasteiger partial charge in [0.15, 0.2) is 0 Å². The van der Waals surface area contributed by atoms with Crippen molar-refractivity contribution >= 4 is 17.5 Å². The number of carbonyl (C=O) groups is 1. The summed E-state index contributed by atoms with van der Waals surface area (Å²) in [5.41, 5.74) is 0.679. The third-order valence-corrected chi connectivity index (χ3v) is 5.67. The van der Waals surface area contributed by atoms with Crippen molar-refractivity contribution in [2.24, 2.45) is 5.92 Å². The summed E-state index contributed by atoms with van der Waals surface area (Å²) in [6.45, 7) is 6.33. The summed E-state index contributed by atoms with van der Waals surface area (Å²) >= 11 is 0. The summed E-state index contributed by atoms with van der Waals surface area (Å²) in [6.07, 6.45) is 1.92. The van der Waals surface area contributed by atoms with Crippen LogP contribution < -0.4 is 16.0 Å². The van der Waals surface area contributed by atoms with Crippen LogP contribution in [0.2, 0.25) is 0 Å². The van der Waals surface area contributed by atoms with Crippen molar-refractivity contribution in [2.45, 2.75) is 39.8 Å². The Hall–Kier alpha value is -2.90. The lowest BCUT2D eigenvalue weighted by Gasteiger charge is -2.30. The monoisotopic (exact) mass is 383 g/mol. The van der Waals surface area contributed by atoms with Gasteiger partial charge in [0.2, 0.25) is 11.9 Å². The summed E-state index contributed by atoms with van der Waals surface area (Å²) in [5, 5.41) is 4.39. The SMILES string of the molecule is Cc1ccc(N2CCn3c2nn(CC(=O)N2CCC(C)CC2)c(=O)c3=O)cc1. The van der Waals surface area contributed by atoms with Gasteiger partial charge < -0.3 is 9.80 Å². The summed E-state index contributed by atoms with van der Waals surface area (Å²) in [7, 11) is 0. The van der Waals surface area contributed by atoms with Crippen LogP contribution >= 0.6 is 0 Å². The minimum Gasteiger partial charge on any atom is -0.341 e. The number of piperidine rings is 1. The van der Waals surface area contributed by atoms with E-state index in [0.29, 0.717) is 38.0 Å². The molecule has 0 N–H and O–H groups in total. The number of likely N-dealkylation sites (tertiary alicyclic amines) is 1. The molecule has 2 aliphatic rings. The third-order valence-electron chi connectivity index (χ3n) is 5.67. The number of hydrogen-bond donors (Lipinski definition) is 0. The van der Waals surface area contributed by atoms with E-state index in [-0.39, 0.29) is 12.5 Å². The zero-order chi connectivity index (χ0) is 19.8. The van der Waals surface area contributed by atoms with Crippen LogP contribution in [-0.2, 0) is 17.9 Å². The van der Waals surface area contributed by atoms with Crippen molar-refractivity contribution in [3.8, 4) is 0 Å². The van der Waals surface area contributed by atoms with Gasteiger partial charge in [-0.1, -0.05) is 24.6 Å². The number of carbonyl (C=O) groups excluding carboxylic acids is 1. The maximum Gasteiger partial charge on any atom is 0.333 e. The summed E-state index contributed by atoms with van der Waals surface area (Å²) in [5.74, 6) is 0.858. The molecule has 8 nitrogen and oxygen atoms in total. The van der Waals surface area contributed by atoms with Crippen molar-refractivity contribution < 1.29 is 4.79 Å². The predicted molar refractivity (Wildman–Crippen MR) is 106 cm³/mol. The molecule has 0 saturated carbocycles. The second kappa shape index (κ2) is 7.26. The first-order chi connectivity index (χ1) is 13.4. The van der Waals surface area contributed by atoms with Crippen LogP contribution in [0, 0.1) is 12.8 Å². The number of fused-ring (bicyclic) bond motifs is 1. The van der Waals surface area contributed by atoms with Gasteiger partial charge in [-0.3, -0.25) is 19.0 Å². The van der Waals surface area contributed by atoms with Crippen molar-refractivity contribution in [3.63, 3.8) is 0 Å². The van der Waals surface area contributed by atoms with E-state index >= 15 is 0 Å². The molecule has 1 saturated heterocycles. The minimum absolute atomic E-state index is 0.161. The van der Waals surface area contributed by atoms with E-state index in [2.05, 4.69) is 12.0 Å². The number of amides is 1. The van der Waals surface area contributed by atoms with Gasteiger partial charge in [0.1, 0.15) is 6.54 Å². The van der Waals surface area contributed by atoms with Crippen LogP contribution in [-0.4, -0.2) is 44.8 Å². The van der Waals surface area contributed by atoms with Crippen LogP contribution in [0.15, 0.2) is 33.9 Å². The number of hydrogen-bond acceptors (Lipinski definition) is 5. The van der Waals surface area contributed by atoms with Gasteiger partial charge in [-0.15, -0.1) is 5.10 Å². The smallest absolute Gasteiger partial charge is 0.333 e. The molecule has 28 heavy (non-hydrogen) atoms. The number of aryl methyl sites for hydroxylation is 1. The van der Waals surface area contributed by atoms with Crippen LogP contribution in [0.5, 0.6) is 0 Å². The molecule has 1 amide bonds. The fraction of sp³-hybridized carbons (Fsp3) is 0.500. The van der Waals surface area contributed by atoms with Crippen molar-refractivity contribution in [1.82, 2.24) is 19.2 Å². The van der Waals surface area contributed by atoms with Gasteiger partial charge >= 0.3 is 11.1 Å². The Morgan fingerprint density at radius 1 is 1.04 bits per heavy atom. The zero-order valence-corrected chi connectivity index (χ0v) is 16.3. The van der Waals surface area contributed by atoms with E-state index in [4.69, 9.17) is 0 Å². The van der Waals surface area contributed by atoms with E-state index < -0.39 is 11.1 Å². The Labute approximate surface area is 163 Å². The lowest BCUT2D eigenvalue weighted by atomic mass is 9.99. The Balaban J connectivity index is 1.63. The Morgan fingerprint density at radius 3 is 2.39 bits per heavy atom. The summed E-state index contributed by atoms with van der Waals surface area (Å²) in [4.78, 5) is 41.3. The van der Waals surface area contributed by atoms with Crippen molar-refractivity contribution in [2.75, 3.05) is 24.5 Å². The lowest BCUT2D eigenvalue weighted by Crippen LogP contribution is -2.46. The van der Waals surface area contributed by atoms with Gasteiger partial charge in [0.25, 0.3) is 0 Å². The van der Waals surface area contributed by atoms with E-state index in [1.54, 1.807) is 4.90 Å². The summed E-state index contributed by atoms with van der Waals surface area (Å²) in [6, 6.07) is 7.92. The molecule has 148 valence electrons. The molecular weight excluding hydrogens is 358 g/mol. The second-order valence-electron chi connectivity index (χ2n) is 7.77. The molecule has 0 bridgehead atoms. The first kappa shape index (κ1) is 18.5. The molecule has 1 fully saturated rings. The van der Waals surface area contributed by atoms with Crippen molar-refractivity contribution in [3.05, 3.63) is 50.5 Å². The quantitative estimate of drug-likeness (QED) is 0.742. The molecule has 2 aliphatic heterocycles. The average Bonchev–Trinajstić information content (AvgIpc) is 3.11. The molecule has 8 heteroatoms. The van der Waals surface area contributed by atoms with Crippen LogP contribution in [0.1, 0.15) is 25.3 Å². The molecule has 0 atom stereocenters. The fourth-order valence-electron chi connectivity index (χ4n) is 3.79. The topological polar surface area (TPSA) is 80.4 Å². The van der Waals surface area contributed by atoms with Crippen LogP contribution in [0.4, 0.5) is 11.6 Å². The molecule has 3 heterocycles. The number of nitrogens with zero attached hydrogens (tertiary/aromatic N) is 5. The lowest BCUT2D eigenvalue weighted by molar-refractivity contribution is -0.133. The number of benzene rings is 1. The van der Waals surface area contributed by atoms with Crippen LogP contribution in [0.3, 0.4) is 0 Å². The molecule has 0 aliphatic carbocycles. The molecule has 1 aromatic carbocycles. The normalized spacial score (nSPS) is 17.1. The fourth-order valence-corrected chi connectivity index (χ4v) is 3.79. The number of rotatable bonds is 3. The van der Waals surface area contributed by atoms with E-state index in [1.807, 2.05) is 36.1 Å². The highest BCUT2D eigenvalue weighted by atomic mass is 16.2. The van der Waals surface area contributed by atoms with Gasteiger partial charge in [-0.2, -0.15) is 0 Å². The molecule has 0 unspecified atom stereocenters. The van der Waals surface area contributed by atoms with E-state index in [0.717, 1.165) is 28.8 Å². The molecular formula is C20H25N5O3. The largest absolute Gasteiger partial charge is 0.341 e. The van der Waals surface area contributed by atoms with E-state index in [9.17, 15) is 14.4 Å². The highest BCUT2D eigenvalue weighted by Crippen LogP contribution is 2.26. The Morgan fingerprint density at radius 2 is 1.71 bits per heavy atom. The van der Waals surface area contributed by atoms with E-state index in [1.165, 1.54) is 4.57 Å². The van der Waals surface area contributed by atoms with Gasteiger partial charge in [0, 0.05) is 31.9 Å². The maximum atomic E-state index is 12.6. The third kappa shape index (κ3) is 3.34. The Bertz CT molecular complexity index is 1000. The summed E-state index contributed by atoms with van der Waals surface area (Å²) < 4.78 is 2.42. The second-order valence-corrected chi connectivity index (χ2v) is 7.77. The van der Waals surface area contributed by atoms with Crippen LogP contribution in [0.25, 0.3) is 0 Å². The van der Waals surface area contributed by atoms with Gasteiger partial charge in [0.05, 0.1) is 0 Å². The highest BCUT2D eigenvalue weighted by molar-refractivity contribution is 5.76. The minimum atomic E-state index is -0.742. The van der Waals surface area contributed by atoms with Crippen molar-refractivity contribution in [1.29, 1.82) is 0 Å². The first-order valence-corrected chi connectivity index (χ1v) is 9.78. The zero-order valence-electron chi connectivity index (χ0n) is 16.3. The first-order valence-electron chi connectivity index (χ1n) is 9.78. The maximum absolute atomic E-state index is 12.6.